The van der Waals surface area contributed by atoms with Gasteiger partial charge in [0, 0.05) is 25.9 Å². The van der Waals surface area contributed by atoms with Gasteiger partial charge in [0.15, 0.2) is 0 Å². The van der Waals surface area contributed by atoms with Crippen LogP contribution < -0.4 is 5.32 Å². The van der Waals surface area contributed by atoms with Gasteiger partial charge in [0.2, 0.25) is 5.91 Å². The number of rotatable bonds is 6. The van der Waals surface area contributed by atoms with Crippen molar-refractivity contribution in [2.45, 2.75) is 25.9 Å². The lowest BCUT2D eigenvalue weighted by atomic mass is 10.0. The molecule has 2 heterocycles. The molecule has 0 bridgehead atoms. The first kappa shape index (κ1) is 14.9. The molecule has 2 atom stereocenters. The second-order valence-electron chi connectivity index (χ2n) is 5.21. The van der Waals surface area contributed by atoms with E-state index in [9.17, 15) is 4.79 Å². The Kier molecular flexibility index (Phi) is 5.49. The van der Waals surface area contributed by atoms with Crippen LogP contribution >= 0.6 is 0 Å². The van der Waals surface area contributed by atoms with Crippen molar-refractivity contribution >= 4 is 5.91 Å². The minimum atomic E-state index is 0.0653. The second kappa shape index (κ2) is 7.36. The Morgan fingerprint density at radius 3 is 3.00 bits per heavy atom. The fourth-order valence-electron chi connectivity index (χ4n) is 2.59. The molecule has 20 heavy (non-hydrogen) atoms. The molecule has 0 aromatic carbocycles. The van der Waals surface area contributed by atoms with E-state index in [4.69, 9.17) is 4.74 Å². The van der Waals surface area contributed by atoms with E-state index in [1.165, 1.54) is 0 Å². The average molecular weight is 277 g/mol. The van der Waals surface area contributed by atoms with Crippen LogP contribution in [0.3, 0.4) is 0 Å². The van der Waals surface area contributed by atoms with Gasteiger partial charge in [0.05, 0.1) is 24.8 Å². The molecule has 1 aliphatic rings. The van der Waals surface area contributed by atoms with Crippen molar-refractivity contribution < 1.29 is 9.53 Å². The summed E-state index contributed by atoms with van der Waals surface area (Å²) in [5, 5.41) is 3.33. The third-order valence-electron chi connectivity index (χ3n) is 3.80. The third-order valence-corrected chi connectivity index (χ3v) is 3.80. The normalized spacial score (nSPS) is 21.9. The number of nitrogens with one attached hydrogen (secondary N) is 1. The lowest BCUT2D eigenvalue weighted by molar-refractivity contribution is -0.137. The molecule has 110 valence electrons. The highest BCUT2D eigenvalue weighted by molar-refractivity contribution is 5.79. The van der Waals surface area contributed by atoms with Crippen molar-refractivity contribution in [2.24, 2.45) is 5.92 Å². The number of carbonyl (C=O) groups excluding carboxylic acids is 1. The number of ether oxygens (including phenoxy) is 1. The van der Waals surface area contributed by atoms with Crippen molar-refractivity contribution in [3.8, 4) is 0 Å². The molecular formula is C15H23N3O2. The summed E-state index contributed by atoms with van der Waals surface area (Å²) in [5.74, 6) is 0.265. The van der Waals surface area contributed by atoms with Crippen LogP contribution in [0.1, 0.15) is 19.0 Å². The molecule has 1 saturated heterocycles. The Morgan fingerprint density at radius 1 is 1.55 bits per heavy atom. The van der Waals surface area contributed by atoms with E-state index in [1.807, 2.05) is 23.1 Å². The first-order valence-electron chi connectivity index (χ1n) is 7.13. The van der Waals surface area contributed by atoms with Crippen molar-refractivity contribution in [2.75, 3.05) is 26.8 Å². The van der Waals surface area contributed by atoms with Gasteiger partial charge in [-0.25, -0.2) is 0 Å². The van der Waals surface area contributed by atoms with Gasteiger partial charge in [0.25, 0.3) is 0 Å². The van der Waals surface area contributed by atoms with E-state index in [0.717, 1.165) is 18.7 Å². The summed E-state index contributed by atoms with van der Waals surface area (Å²) in [6.07, 6.45) is 2.67. The van der Waals surface area contributed by atoms with E-state index >= 15 is 0 Å². The van der Waals surface area contributed by atoms with Crippen LogP contribution in [0.5, 0.6) is 0 Å². The summed E-state index contributed by atoms with van der Waals surface area (Å²) in [7, 11) is 1.66. The number of carbonyl (C=O) groups is 1. The third kappa shape index (κ3) is 3.77. The monoisotopic (exact) mass is 277 g/mol. The SMILES string of the molecule is COCCN(Cc1ccccn1)C(=O)C1CCNC1C. The topological polar surface area (TPSA) is 54.5 Å². The zero-order chi connectivity index (χ0) is 14.4. The number of hydrogen-bond donors (Lipinski definition) is 1. The van der Waals surface area contributed by atoms with Gasteiger partial charge in [-0.1, -0.05) is 6.07 Å². The first-order valence-corrected chi connectivity index (χ1v) is 7.13. The van der Waals surface area contributed by atoms with Crippen molar-refractivity contribution in [1.82, 2.24) is 15.2 Å². The summed E-state index contributed by atoms with van der Waals surface area (Å²) in [4.78, 5) is 18.8. The number of amides is 1. The summed E-state index contributed by atoms with van der Waals surface area (Å²) in [5.41, 5.74) is 0.913. The lowest BCUT2D eigenvalue weighted by Crippen LogP contribution is -2.41. The largest absolute Gasteiger partial charge is 0.383 e. The predicted octanol–water partition coefficient (Wildman–Crippen LogP) is 1.05. The van der Waals surface area contributed by atoms with Gasteiger partial charge >= 0.3 is 0 Å². The van der Waals surface area contributed by atoms with Gasteiger partial charge in [-0.15, -0.1) is 0 Å². The van der Waals surface area contributed by atoms with E-state index in [1.54, 1.807) is 13.3 Å². The zero-order valence-corrected chi connectivity index (χ0v) is 12.2. The van der Waals surface area contributed by atoms with E-state index in [-0.39, 0.29) is 17.9 Å². The average Bonchev–Trinajstić information content (AvgIpc) is 2.90. The number of nitrogens with zero attached hydrogens (tertiary/aromatic N) is 2. The maximum absolute atomic E-state index is 12.7. The predicted molar refractivity (Wildman–Crippen MR) is 77.1 cm³/mol. The number of methoxy groups -OCH3 is 1. The van der Waals surface area contributed by atoms with Gasteiger partial charge < -0.3 is 15.0 Å². The number of aromatic nitrogens is 1. The molecule has 5 heteroatoms. The highest BCUT2D eigenvalue weighted by Gasteiger charge is 2.32. The molecule has 0 radical (unpaired) electrons. The van der Waals surface area contributed by atoms with Crippen LogP contribution in [0.4, 0.5) is 0 Å². The Bertz CT molecular complexity index is 424. The summed E-state index contributed by atoms with van der Waals surface area (Å²) >= 11 is 0. The van der Waals surface area contributed by atoms with Crippen LogP contribution in [-0.2, 0) is 16.1 Å². The first-order chi connectivity index (χ1) is 9.72. The van der Waals surface area contributed by atoms with Crippen molar-refractivity contribution in [3.05, 3.63) is 30.1 Å². The minimum Gasteiger partial charge on any atom is -0.383 e. The van der Waals surface area contributed by atoms with Crippen LogP contribution in [0.2, 0.25) is 0 Å². The molecule has 0 saturated carbocycles. The minimum absolute atomic E-state index is 0.0653. The fourth-order valence-corrected chi connectivity index (χ4v) is 2.59. The quantitative estimate of drug-likeness (QED) is 0.844. The highest BCUT2D eigenvalue weighted by atomic mass is 16.5. The molecule has 0 spiro atoms. The van der Waals surface area contributed by atoms with Gasteiger partial charge in [0.1, 0.15) is 0 Å². The molecule has 2 unspecified atom stereocenters. The Morgan fingerprint density at radius 2 is 2.40 bits per heavy atom. The summed E-state index contributed by atoms with van der Waals surface area (Å²) < 4.78 is 5.12. The van der Waals surface area contributed by atoms with E-state index < -0.39 is 0 Å². The van der Waals surface area contributed by atoms with Crippen molar-refractivity contribution in [1.29, 1.82) is 0 Å². The van der Waals surface area contributed by atoms with Crippen LogP contribution in [0.25, 0.3) is 0 Å². The molecule has 1 fully saturated rings. The zero-order valence-electron chi connectivity index (χ0n) is 12.2. The molecule has 2 rings (SSSR count). The van der Waals surface area contributed by atoms with E-state index in [0.29, 0.717) is 19.7 Å². The molecule has 1 N–H and O–H groups in total. The van der Waals surface area contributed by atoms with Crippen molar-refractivity contribution in [3.63, 3.8) is 0 Å². The van der Waals surface area contributed by atoms with Crippen LogP contribution in [-0.4, -0.2) is 48.6 Å². The Labute approximate surface area is 120 Å². The molecule has 1 aromatic rings. The molecule has 5 nitrogen and oxygen atoms in total. The summed E-state index contributed by atoms with van der Waals surface area (Å²) in [6, 6.07) is 6.02. The molecule has 1 amide bonds. The number of hydrogen-bond acceptors (Lipinski definition) is 4. The molecule has 0 aliphatic carbocycles. The summed E-state index contributed by atoms with van der Waals surface area (Å²) in [6.45, 7) is 4.69. The Hall–Kier alpha value is -1.46. The van der Waals surface area contributed by atoms with Crippen LogP contribution in [0, 0.1) is 5.92 Å². The maximum atomic E-state index is 12.7. The second-order valence-corrected chi connectivity index (χ2v) is 5.21. The highest BCUT2D eigenvalue weighted by Crippen LogP contribution is 2.19. The van der Waals surface area contributed by atoms with E-state index in [2.05, 4.69) is 17.2 Å². The number of pyridine rings is 1. The lowest BCUT2D eigenvalue weighted by Gasteiger charge is -2.26. The van der Waals surface area contributed by atoms with Gasteiger partial charge in [-0.05, 0) is 32.0 Å². The van der Waals surface area contributed by atoms with Crippen LogP contribution in [0.15, 0.2) is 24.4 Å². The Balaban J connectivity index is 2.04. The molecular weight excluding hydrogens is 254 g/mol. The molecule has 1 aromatic heterocycles. The smallest absolute Gasteiger partial charge is 0.227 e. The fraction of sp³-hybridized carbons (Fsp3) is 0.600. The van der Waals surface area contributed by atoms with Gasteiger partial charge in [-0.3, -0.25) is 9.78 Å². The van der Waals surface area contributed by atoms with Gasteiger partial charge in [-0.2, -0.15) is 0 Å². The molecule has 1 aliphatic heterocycles. The standard InChI is InChI=1S/C15H23N3O2/c1-12-14(6-8-16-12)15(19)18(9-10-20-2)11-13-5-3-4-7-17-13/h3-5,7,12,14,16H,6,8-11H2,1-2H3. The maximum Gasteiger partial charge on any atom is 0.227 e.